The maximum Gasteiger partial charge on any atom is 0.416 e. The monoisotopic (exact) mass is 593 g/mol. The van der Waals surface area contributed by atoms with E-state index in [4.69, 9.17) is 11.6 Å². The summed E-state index contributed by atoms with van der Waals surface area (Å²) >= 11 is 6.28. The number of nitrogens with zero attached hydrogens (tertiary/aromatic N) is 1. The van der Waals surface area contributed by atoms with E-state index in [-0.39, 0.29) is 51.0 Å². The number of fused-ring (bicyclic) bond motifs is 1. The van der Waals surface area contributed by atoms with Crippen molar-refractivity contribution in [1.29, 1.82) is 0 Å². The molecule has 0 atom stereocenters. The largest absolute Gasteiger partial charge is 0.416 e. The average molecular weight is 594 g/mol. The van der Waals surface area contributed by atoms with Gasteiger partial charge in [-0.15, -0.1) is 0 Å². The quantitative estimate of drug-likeness (QED) is 0.190. The molecule has 0 unspecified atom stereocenters. The molecule has 210 valence electrons. The van der Waals surface area contributed by atoms with Crippen LogP contribution in [0.4, 0.5) is 35.1 Å². The number of pyridine rings is 1. The Labute approximate surface area is 232 Å². The number of alkyl halides is 6. The lowest BCUT2D eigenvalue weighted by Crippen LogP contribution is -2.23. The summed E-state index contributed by atoms with van der Waals surface area (Å²) < 4.78 is 110. The van der Waals surface area contributed by atoms with Gasteiger partial charge in [0.25, 0.3) is 5.56 Å². The first kappa shape index (κ1) is 28.4. The highest BCUT2D eigenvalue weighted by molar-refractivity contribution is 6.35. The number of benzene rings is 4. The number of halogens is 9. The SMILES string of the molecule is O=c1c2c(Cl)cccc2cc(-c2cccc(-c3cc(C(F)(F)F)cc(C(F)(F)F)c3)c2)n1Cc1ccc(F)cc1F. The van der Waals surface area contributed by atoms with Crippen LogP contribution >= 0.6 is 11.6 Å². The Hall–Kier alpha value is -4.18. The van der Waals surface area contributed by atoms with E-state index in [1.165, 1.54) is 30.3 Å². The maximum atomic E-state index is 14.6. The summed E-state index contributed by atoms with van der Waals surface area (Å²) in [5.41, 5.74) is -3.53. The summed E-state index contributed by atoms with van der Waals surface area (Å²) in [7, 11) is 0. The summed E-state index contributed by atoms with van der Waals surface area (Å²) in [5.74, 6) is -1.74. The van der Waals surface area contributed by atoms with Crippen LogP contribution in [0.25, 0.3) is 33.2 Å². The predicted octanol–water partition coefficient (Wildman–Crippen LogP) is 9.35. The van der Waals surface area contributed by atoms with Gasteiger partial charge < -0.3 is 4.57 Å². The van der Waals surface area contributed by atoms with E-state index in [2.05, 4.69) is 0 Å². The van der Waals surface area contributed by atoms with Gasteiger partial charge in [-0.3, -0.25) is 4.79 Å². The fraction of sp³-hybridized carbons (Fsp3) is 0.100. The van der Waals surface area contributed by atoms with E-state index >= 15 is 0 Å². The minimum Gasteiger partial charge on any atom is -0.303 e. The highest BCUT2D eigenvalue weighted by Gasteiger charge is 2.37. The van der Waals surface area contributed by atoms with Crippen molar-refractivity contribution in [2.75, 3.05) is 0 Å². The molecule has 5 aromatic rings. The molecule has 0 aliphatic rings. The third-order valence-electron chi connectivity index (χ3n) is 6.51. The van der Waals surface area contributed by atoms with Gasteiger partial charge in [0.05, 0.1) is 33.8 Å². The molecule has 2 nitrogen and oxygen atoms in total. The van der Waals surface area contributed by atoms with E-state index in [0.29, 0.717) is 23.6 Å². The third-order valence-corrected chi connectivity index (χ3v) is 6.83. The molecule has 11 heteroatoms. The van der Waals surface area contributed by atoms with Crippen molar-refractivity contribution in [3.05, 3.63) is 129 Å². The minimum atomic E-state index is -5.04. The van der Waals surface area contributed by atoms with Crippen LogP contribution in [-0.2, 0) is 18.9 Å². The van der Waals surface area contributed by atoms with Crippen molar-refractivity contribution in [2.45, 2.75) is 18.9 Å². The second-order valence-corrected chi connectivity index (χ2v) is 9.64. The molecule has 0 radical (unpaired) electrons. The van der Waals surface area contributed by atoms with Gasteiger partial charge in [-0.25, -0.2) is 8.78 Å². The van der Waals surface area contributed by atoms with Crippen LogP contribution in [0.5, 0.6) is 0 Å². The number of aromatic nitrogens is 1. The first-order valence-electron chi connectivity index (χ1n) is 11.9. The van der Waals surface area contributed by atoms with Crippen molar-refractivity contribution in [2.24, 2.45) is 0 Å². The second kappa shape index (κ2) is 10.3. The first-order chi connectivity index (χ1) is 19.2. The average Bonchev–Trinajstić information content (AvgIpc) is 2.90. The second-order valence-electron chi connectivity index (χ2n) is 9.24. The molecule has 0 N–H and O–H groups in total. The molecule has 1 heterocycles. The van der Waals surface area contributed by atoms with E-state index in [1.54, 1.807) is 18.2 Å². The van der Waals surface area contributed by atoms with Gasteiger partial charge in [0.1, 0.15) is 11.6 Å². The van der Waals surface area contributed by atoms with Crippen LogP contribution in [0.2, 0.25) is 5.02 Å². The number of hydrogen-bond donors (Lipinski definition) is 0. The zero-order valence-corrected chi connectivity index (χ0v) is 21.3. The Kier molecular flexibility index (Phi) is 7.15. The maximum absolute atomic E-state index is 14.6. The number of rotatable bonds is 4. The zero-order chi connectivity index (χ0) is 29.7. The summed E-state index contributed by atoms with van der Waals surface area (Å²) in [6.07, 6.45) is -10.1. The van der Waals surface area contributed by atoms with Crippen molar-refractivity contribution in [1.82, 2.24) is 4.57 Å². The fourth-order valence-electron chi connectivity index (χ4n) is 4.55. The Morgan fingerprint density at radius 2 is 1.32 bits per heavy atom. The highest BCUT2D eigenvalue weighted by Crippen LogP contribution is 2.39. The summed E-state index contributed by atoms with van der Waals surface area (Å²) in [6.45, 7) is -0.368. The summed E-state index contributed by atoms with van der Waals surface area (Å²) in [5, 5.41) is 0.631. The Morgan fingerprint density at radius 3 is 1.95 bits per heavy atom. The standard InChI is InChI=1S/C30H16ClF8NO/c31-24-6-2-5-18-12-26(40(28(41)27(18)24)15-19-7-8-23(32)14-25(19)33)17-4-1-3-16(9-17)20-10-21(29(34,35)36)13-22(11-20)30(37,38)39/h1-14H,15H2. The van der Waals surface area contributed by atoms with Gasteiger partial charge in [-0.2, -0.15) is 26.3 Å². The molecule has 1 aromatic heterocycles. The molecule has 0 saturated carbocycles. The Balaban J connectivity index is 1.73. The lowest BCUT2D eigenvalue weighted by atomic mass is 9.96. The van der Waals surface area contributed by atoms with Crippen molar-refractivity contribution >= 4 is 22.4 Å². The predicted molar refractivity (Wildman–Crippen MR) is 140 cm³/mol. The normalized spacial score (nSPS) is 12.2. The van der Waals surface area contributed by atoms with E-state index in [1.807, 2.05) is 0 Å². The van der Waals surface area contributed by atoms with E-state index in [9.17, 15) is 39.9 Å². The van der Waals surface area contributed by atoms with Gasteiger partial charge in [0.2, 0.25) is 0 Å². The molecule has 0 saturated heterocycles. The highest BCUT2D eigenvalue weighted by atomic mass is 35.5. The zero-order valence-electron chi connectivity index (χ0n) is 20.5. The molecule has 5 rings (SSSR count). The van der Waals surface area contributed by atoms with Crippen LogP contribution in [0.1, 0.15) is 16.7 Å². The lowest BCUT2D eigenvalue weighted by molar-refractivity contribution is -0.143. The van der Waals surface area contributed by atoms with Crippen LogP contribution in [-0.4, -0.2) is 4.57 Å². The van der Waals surface area contributed by atoms with E-state index in [0.717, 1.165) is 16.7 Å². The molecule has 4 aromatic carbocycles. The van der Waals surface area contributed by atoms with Crippen LogP contribution in [0.15, 0.2) is 89.7 Å². The van der Waals surface area contributed by atoms with Gasteiger partial charge >= 0.3 is 12.4 Å². The number of hydrogen-bond acceptors (Lipinski definition) is 1. The molecule has 0 aliphatic carbocycles. The van der Waals surface area contributed by atoms with Crippen LogP contribution in [0.3, 0.4) is 0 Å². The van der Waals surface area contributed by atoms with Crippen molar-refractivity contribution in [3.63, 3.8) is 0 Å². The minimum absolute atomic E-state index is 0.0113. The van der Waals surface area contributed by atoms with Crippen molar-refractivity contribution in [3.8, 4) is 22.4 Å². The lowest BCUT2D eigenvalue weighted by Gasteiger charge is -2.18. The topological polar surface area (TPSA) is 22.0 Å². The van der Waals surface area contributed by atoms with Gasteiger partial charge in [-0.1, -0.05) is 48.0 Å². The molecule has 0 spiro atoms. The van der Waals surface area contributed by atoms with Crippen LogP contribution in [0, 0.1) is 11.6 Å². The fourth-order valence-corrected chi connectivity index (χ4v) is 4.82. The Morgan fingerprint density at radius 1 is 0.683 bits per heavy atom. The third kappa shape index (κ3) is 5.69. The molecule has 41 heavy (non-hydrogen) atoms. The molecule has 0 bridgehead atoms. The van der Waals surface area contributed by atoms with Crippen molar-refractivity contribution < 1.29 is 35.1 Å². The molecular weight excluding hydrogens is 578 g/mol. The van der Waals surface area contributed by atoms with Gasteiger partial charge in [0, 0.05) is 11.6 Å². The molecule has 0 fully saturated rings. The Bertz CT molecular complexity index is 1830. The first-order valence-corrected chi connectivity index (χ1v) is 12.3. The van der Waals surface area contributed by atoms with Gasteiger partial charge in [-0.05, 0) is 64.5 Å². The van der Waals surface area contributed by atoms with E-state index < -0.39 is 40.7 Å². The molecular formula is C30H16ClF8NO. The molecule has 0 aliphatic heterocycles. The summed E-state index contributed by atoms with van der Waals surface area (Å²) in [4.78, 5) is 13.6. The molecule has 0 amide bonds. The van der Waals surface area contributed by atoms with Gasteiger partial charge in [0.15, 0.2) is 0 Å². The van der Waals surface area contributed by atoms with Crippen LogP contribution < -0.4 is 5.56 Å². The smallest absolute Gasteiger partial charge is 0.303 e. The summed E-state index contributed by atoms with van der Waals surface area (Å²) in [6, 6.07) is 15.9.